The molecule has 2 unspecified atom stereocenters. The molecule has 0 radical (unpaired) electrons. The summed E-state index contributed by atoms with van der Waals surface area (Å²) in [4.78, 5) is 24.3. The Morgan fingerprint density at radius 2 is 1.06 bits per heavy atom. The van der Waals surface area contributed by atoms with E-state index in [1.807, 2.05) is 6.08 Å². The van der Waals surface area contributed by atoms with Crippen molar-refractivity contribution in [3.05, 3.63) is 36.5 Å². The molecule has 1 amide bonds. The fourth-order valence-corrected chi connectivity index (χ4v) is 5.90. The van der Waals surface area contributed by atoms with Crippen molar-refractivity contribution in [2.45, 2.75) is 212 Å². The van der Waals surface area contributed by atoms with Crippen LogP contribution in [0.2, 0.25) is 0 Å². The normalized spacial score (nSPS) is 13.1. The molecule has 0 aliphatic rings. The van der Waals surface area contributed by atoms with Gasteiger partial charge in [0.1, 0.15) is 0 Å². The molecule has 0 rings (SSSR count). The van der Waals surface area contributed by atoms with Crippen LogP contribution in [0.5, 0.6) is 0 Å². The van der Waals surface area contributed by atoms with Crippen molar-refractivity contribution in [2.75, 3.05) is 13.2 Å². The molecule has 0 aromatic heterocycles. The number of unbranched alkanes of at least 4 members (excludes halogenated alkanes) is 22. The van der Waals surface area contributed by atoms with Crippen molar-refractivity contribution in [3.63, 3.8) is 0 Å². The Kier molecular flexibility index (Phi) is 37.4. The second kappa shape index (κ2) is 38.9. The minimum absolute atomic E-state index is 0.0381. The first-order valence-corrected chi connectivity index (χ1v) is 20.8. The average Bonchev–Trinajstić information content (AvgIpc) is 3.10. The molecule has 0 heterocycles. The number of ether oxygens (including phenoxy) is 1. The summed E-state index contributed by atoms with van der Waals surface area (Å²) in [6.07, 6.45) is 44.1. The van der Waals surface area contributed by atoms with E-state index < -0.39 is 12.1 Å². The fourth-order valence-electron chi connectivity index (χ4n) is 5.90. The molecule has 0 saturated heterocycles. The predicted octanol–water partition coefficient (Wildman–Crippen LogP) is 11.4. The van der Waals surface area contributed by atoms with E-state index >= 15 is 0 Å². The largest absolute Gasteiger partial charge is 0.466 e. The first-order chi connectivity index (χ1) is 24.0. The van der Waals surface area contributed by atoms with E-state index in [0.29, 0.717) is 19.4 Å². The van der Waals surface area contributed by atoms with E-state index in [-0.39, 0.29) is 18.5 Å². The monoisotopic (exact) mass is 690 g/mol. The topological polar surface area (TPSA) is 95.9 Å². The molecule has 0 aromatic rings. The number of rotatable bonds is 37. The number of carbonyl (C=O) groups is 2. The van der Waals surface area contributed by atoms with Gasteiger partial charge in [-0.1, -0.05) is 166 Å². The summed E-state index contributed by atoms with van der Waals surface area (Å²) in [5.74, 6) is -0.135. The Balaban J connectivity index is 3.53. The van der Waals surface area contributed by atoms with Crippen LogP contribution in [-0.4, -0.2) is 47.4 Å². The summed E-state index contributed by atoms with van der Waals surface area (Å²) >= 11 is 0. The molecule has 2 atom stereocenters. The Bertz CT molecular complexity index is 808. The van der Waals surface area contributed by atoms with Crippen molar-refractivity contribution in [1.82, 2.24) is 5.32 Å². The van der Waals surface area contributed by atoms with Gasteiger partial charge in [0, 0.05) is 12.8 Å². The molecule has 6 heteroatoms. The number of hydrogen-bond acceptors (Lipinski definition) is 5. The maximum atomic E-state index is 12.3. The van der Waals surface area contributed by atoms with Crippen molar-refractivity contribution < 1.29 is 24.5 Å². The Labute approximate surface area is 303 Å². The van der Waals surface area contributed by atoms with E-state index in [9.17, 15) is 19.8 Å². The van der Waals surface area contributed by atoms with Crippen LogP contribution < -0.4 is 5.32 Å². The lowest BCUT2D eigenvalue weighted by atomic mass is 10.1. The van der Waals surface area contributed by atoms with Gasteiger partial charge in [0.05, 0.1) is 25.4 Å². The summed E-state index contributed by atoms with van der Waals surface area (Å²) in [5, 5.41) is 22.8. The number of aliphatic hydroxyl groups excluding tert-OH is 2. The first-order valence-electron chi connectivity index (χ1n) is 20.8. The zero-order chi connectivity index (χ0) is 35.9. The third kappa shape index (κ3) is 35.7. The van der Waals surface area contributed by atoms with Crippen LogP contribution in [0.15, 0.2) is 36.5 Å². The van der Waals surface area contributed by atoms with Gasteiger partial charge in [-0.2, -0.15) is 0 Å². The molecular weight excluding hydrogens is 610 g/mol. The van der Waals surface area contributed by atoms with Crippen LogP contribution in [0.3, 0.4) is 0 Å². The predicted molar refractivity (Wildman–Crippen MR) is 209 cm³/mol. The molecule has 0 spiro atoms. The van der Waals surface area contributed by atoms with Crippen LogP contribution in [0, 0.1) is 0 Å². The van der Waals surface area contributed by atoms with Crippen LogP contribution >= 0.6 is 0 Å². The third-order valence-electron chi connectivity index (χ3n) is 9.14. The quantitative estimate of drug-likeness (QED) is 0.0343. The fraction of sp³-hybridized carbons (Fsp3) is 0.814. The molecule has 286 valence electrons. The summed E-state index contributed by atoms with van der Waals surface area (Å²) in [7, 11) is 0. The van der Waals surface area contributed by atoms with Crippen LogP contribution in [0.25, 0.3) is 0 Å². The number of esters is 1. The van der Waals surface area contributed by atoms with Gasteiger partial charge >= 0.3 is 5.97 Å². The van der Waals surface area contributed by atoms with Gasteiger partial charge in [-0.25, -0.2) is 0 Å². The van der Waals surface area contributed by atoms with Crippen LogP contribution in [0.1, 0.15) is 200 Å². The van der Waals surface area contributed by atoms with Crippen LogP contribution in [-0.2, 0) is 14.3 Å². The molecule has 0 aliphatic heterocycles. The number of amides is 1. The molecule has 6 nitrogen and oxygen atoms in total. The van der Waals surface area contributed by atoms with Crippen molar-refractivity contribution >= 4 is 11.9 Å². The Morgan fingerprint density at radius 3 is 1.63 bits per heavy atom. The van der Waals surface area contributed by atoms with Crippen molar-refractivity contribution in [2.24, 2.45) is 0 Å². The van der Waals surface area contributed by atoms with Gasteiger partial charge < -0.3 is 20.3 Å². The molecule has 49 heavy (non-hydrogen) atoms. The lowest BCUT2D eigenvalue weighted by Crippen LogP contribution is -2.45. The van der Waals surface area contributed by atoms with Gasteiger partial charge in [0.2, 0.25) is 5.91 Å². The highest BCUT2D eigenvalue weighted by molar-refractivity contribution is 5.76. The summed E-state index contributed by atoms with van der Waals surface area (Å²) in [6.45, 7) is 4.72. The minimum Gasteiger partial charge on any atom is -0.466 e. The molecule has 0 bridgehead atoms. The Hall–Kier alpha value is -1.92. The smallest absolute Gasteiger partial charge is 0.305 e. The van der Waals surface area contributed by atoms with Crippen LogP contribution in [0.4, 0.5) is 0 Å². The van der Waals surface area contributed by atoms with E-state index in [2.05, 4.69) is 43.5 Å². The summed E-state index contributed by atoms with van der Waals surface area (Å²) < 4.78 is 5.42. The maximum Gasteiger partial charge on any atom is 0.305 e. The number of allylic oxidation sites excluding steroid dienone is 5. The van der Waals surface area contributed by atoms with E-state index in [1.165, 1.54) is 103 Å². The summed E-state index contributed by atoms with van der Waals surface area (Å²) in [6, 6.07) is -0.643. The number of carbonyl (C=O) groups excluding carboxylic acids is 2. The molecule has 0 aliphatic carbocycles. The summed E-state index contributed by atoms with van der Waals surface area (Å²) in [5.41, 5.74) is 0. The third-order valence-corrected chi connectivity index (χ3v) is 9.14. The highest BCUT2D eigenvalue weighted by Gasteiger charge is 2.17. The van der Waals surface area contributed by atoms with Gasteiger partial charge in [-0.05, 0) is 57.8 Å². The Morgan fingerprint density at radius 1 is 0.571 bits per heavy atom. The molecule has 0 fully saturated rings. The van der Waals surface area contributed by atoms with E-state index in [4.69, 9.17) is 4.74 Å². The van der Waals surface area contributed by atoms with Gasteiger partial charge in [0.15, 0.2) is 0 Å². The lowest BCUT2D eigenvalue weighted by Gasteiger charge is -2.20. The van der Waals surface area contributed by atoms with Gasteiger partial charge in [-0.15, -0.1) is 0 Å². The minimum atomic E-state index is -0.857. The van der Waals surface area contributed by atoms with Gasteiger partial charge in [-0.3, -0.25) is 9.59 Å². The van der Waals surface area contributed by atoms with Crippen molar-refractivity contribution in [3.8, 4) is 0 Å². The molecule has 0 saturated carbocycles. The first kappa shape index (κ1) is 47.1. The lowest BCUT2D eigenvalue weighted by molar-refractivity contribution is -0.143. The second-order valence-electron chi connectivity index (χ2n) is 14.0. The standard InChI is InChI=1S/C43H79NO5/c1-3-5-7-9-11-13-14-15-16-21-25-29-33-37-43(48)49-38-34-30-26-22-18-17-20-24-28-32-36-42(47)44-40(39-45)41(46)35-31-27-23-19-12-10-8-6-4-2/h7,9,13-14,31,35,40-41,45-46H,3-6,8,10-12,15-30,32-34,36-39H2,1-2H3,(H,44,47)/b9-7-,14-13-,35-31+. The molecular formula is C43H79NO5. The number of aliphatic hydroxyl groups is 2. The molecule has 0 aromatic carbocycles. The average molecular weight is 690 g/mol. The highest BCUT2D eigenvalue weighted by Crippen LogP contribution is 2.13. The van der Waals surface area contributed by atoms with E-state index in [1.54, 1.807) is 6.08 Å². The SMILES string of the molecule is CCC/C=C\C/C=C\CCCCCCCC(=O)OCCCCCCCCCCCCC(=O)NC(CO)C(O)/C=C/CCCCCCCCC. The number of hydrogen-bond donors (Lipinski definition) is 3. The van der Waals surface area contributed by atoms with Gasteiger partial charge in [0.25, 0.3) is 0 Å². The molecule has 3 N–H and O–H groups in total. The second-order valence-corrected chi connectivity index (χ2v) is 14.0. The maximum absolute atomic E-state index is 12.3. The number of nitrogens with one attached hydrogen (secondary N) is 1. The van der Waals surface area contributed by atoms with E-state index in [0.717, 1.165) is 70.6 Å². The van der Waals surface area contributed by atoms with Crippen molar-refractivity contribution in [1.29, 1.82) is 0 Å². The highest BCUT2D eigenvalue weighted by atomic mass is 16.5. The zero-order valence-corrected chi connectivity index (χ0v) is 32.2. The zero-order valence-electron chi connectivity index (χ0n) is 32.2.